The van der Waals surface area contributed by atoms with Crippen molar-refractivity contribution in [2.75, 3.05) is 6.54 Å². The second kappa shape index (κ2) is 5.69. The molecule has 1 heterocycles. The maximum atomic E-state index is 11.8. The normalized spacial score (nSPS) is 17.3. The molecule has 5 nitrogen and oxygen atoms in total. The van der Waals surface area contributed by atoms with Gasteiger partial charge in [0.15, 0.2) is 0 Å². The zero-order chi connectivity index (χ0) is 14.7. The van der Waals surface area contributed by atoms with Gasteiger partial charge in [-0.1, -0.05) is 29.8 Å². The summed E-state index contributed by atoms with van der Waals surface area (Å²) in [5, 5.41) is 13.8. The van der Waals surface area contributed by atoms with E-state index < -0.39 is 12.5 Å². The highest BCUT2D eigenvalue weighted by Gasteiger charge is 2.23. The first kappa shape index (κ1) is 14.0. The third-order valence-electron chi connectivity index (χ3n) is 3.07. The van der Waals surface area contributed by atoms with Gasteiger partial charge in [0.25, 0.3) is 0 Å². The van der Waals surface area contributed by atoms with E-state index in [4.69, 9.17) is 5.11 Å². The van der Waals surface area contributed by atoms with Crippen molar-refractivity contribution in [2.45, 2.75) is 20.3 Å². The van der Waals surface area contributed by atoms with Crippen LogP contribution in [-0.2, 0) is 9.59 Å². The predicted molar refractivity (Wildman–Crippen MR) is 76.2 cm³/mol. The molecule has 1 N–H and O–H groups in total. The van der Waals surface area contributed by atoms with E-state index >= 15 is 0 Å². The van der Waals surface area contributed by atoms with Crippen LogP contribution in [0, 0.1) is 6.92 Å². The summed E-state index contributed by atoms with van der Waals surface area (Å²) >= 11 is 0. The van der Waals surface area contributed by atoms with Crippen molar-refractivity contribution in [1.82, 2.24) is 5.01 Å². The summed E-state index contributed by atoms with van der Waals surface area (Å²) in [4.78, 5) is 22.5. The van der Waals surface area contributed by atoms with Crippen molar-refractivity contribution < 1.29 is 14.7 Å². The molecule has 1 aromatic rings. The molecule has 1 aliphatic heterocycles. The molecule has 104 valence electrons. The van der Waals surface area contributed by atoms with Gasteiger partial charge in [-0.15, -0.1) is 0 Å². The maximum Gasteiger partial charge on any atom is 0.325 e. The summed E-state index contributed by atoms with van der Waals surface area (Å²) < 4.78 is 0. The van der Waals surface area contributed by atoms with Crippen LogP contribution in [0.4, 0.5) is 0 Å². The number of carbonyl (C=O) groups excluding carboxylic acids is 1. The van der Waals surface area contributed by atoms with E-state index in [1.54, 1.807) is 6.92 Å². The van der Waals surface area contributed by atoms with Gasteiger partial charge in [-0.2, -0.15) is 5.10 Å². The number of rotatable bonds is 3. The summed E-state index contributed by atoms with van der Waals surface area (Å²) in [5.41, 5.74) is 3.66. The van der Waals surface area contributed by atoms with Gasteiger partial charge in [-0.3, -0.25) is 9.59 Å². The van der Waals surface area contributed by atoms with Gasteiger partial charge in [0.05, 0.1) is 12.1 Å². The van der Waals surface area contributed by atoms with Gasteiger partial charge in [-0.25, -0.2) is 5.01 Å². The molecule has 0 radical (unpaired) electrons. The molecule has 0 spiro atoms. The molecule has 5 heteroatoms. The van der Waals surface area contributed by atoms with Crippen molar-refractivity contribution in [3.05, 3.63) is 41.0 Å². The second-order valence-corrected chi connectivity index (χ2v) is 4.79. The second-order valence-electron chi connectivity index (χ2n) is 4.79. The number of hydrogen-bond donors (Lipinski definition) is 1. The Morgan fingerprint density at radius 1 is 1.35 bits per heavy atom. The largest absolute Gasteiger partial charge is 0.480 e. The van der Waals surface area contributed by atoms with E-state index in [0.717, 1.165) is 16.1 Å². The van der Waals surface area contributed by atoms with Crippen LogP contribution in [0.3, 0.4) is 0 Å². The van der Waals surface area contributed by atoms with Crippen LogP contribution in [0.5, 0.6) is 0 Å². The smallest absolute Gasteiger partial charge is 0.325 e. The van der Waals surface area contributed by atoms with Crippen molar-refractivity contribution in [1.29, 1.82) is 0 Å². The summed E-state index contributed by atoms with van der Waals surface area (Å²) in [6.45, 7) is 3.40. The molecule has 0 unspecified atom stereocenters. The first-order chi connectivity index (χ1) is 9.45. The van der Waals surface area contributed by atoms with Gasteiger partial charge in [-0.05, 0) is 31.1 Å². The average molecular weight is 272 g/mol. The summed E-state index contributed by atoms with van der Waals surface area (Å²) in [7, 11) is 0. The Bertz CT molecular complexity index is 600. The highest BCUT2D eigenvalue weighted by Crippen LogP contribution is 2.18. The van der Waals surface area contributed by atoms with Gasteiger partial charge in [0.2, 0.25) is 5.91 Å². The van der Waals surface area contributed by atoms with E-state index in [-0.39, 0.29) is 12.3 Å². The molecular formula is C15H16N2O3. The highest BCUT2D eigenvalue weighted by atomic mass is 16.4. The number of carbonyl (C=O) groups is 2. The minimum atomic E-state index is -1.07. The molecule has 0 aromatic heterocycles. The molecule has 0 atom stereocenters. The minimum Gasteiger partial charge on any atom is -0.480 e. The number of benzene rings is 1. The monoisotopic (exact) mass is 272 g/mol. The standard InChI is InChI=1S/C15H16N2O3/c1-10-3-5-12(6-4-10)7-13-8-14(18)17(9-15(19)20)16-11(13)2/h3-7H,8-9H2,1-2H3,(H,19,20)/b13-7+. The molecule has 1 aromatic carbocycles. The van der Waals surface area contributed by atoms with Crippen molar-refractivity contribution in [3.63, 3.8) is 0 Å². The Hall–Kier alpha value is -2.43. The number of hydrogen-bond acceptors (Lipinski definition) is 3. The lowest BCUT2D eigenvalue weighted by molar-refractivity contribution is -0.144. The Balaban J connectivity index is 2.24. The fourth-order valence-electron chi connectivity index (χ4n) is 1.95. The van der Waals surface area contributed by atoms with E-state index in [1.165, 1.54) is 5.56 Å². The van der Waals surface area contributed by atoms with Gasteiger partial charge in [0, 0.05) is 0 Å². The minimum absolute atomic E-state index is 0.177. The van der Waals surface area contributed by atoms with Crippen LogP contribution in [0.15, 0.2) is 34.9 Å². The maximum absolute atomic E-state index is 11.8. The van der Waals surface area contributed by atoms with E-state index in [9.17, 15) is 9.59 Å². The van der Waals surface area contributed by atoms with Gasteiger partial charge >= 0.3 is 5.97 Å². The van der Waals surface area contributed by atoms with Crippen molar-refractivity contribution >= 4 is 23.7 Å². The zero-order valence-electron chi connectivity index (χ0n) is 11.5. The lowest BCUT2D eigenvalue weighted by atomic mass is 10.0. The van der Waals surface area contributed by atoms with Crippen molar-refractivity contribution in [2.24, 2.45) is 5.10 Å². The van der Waals surface area contributed by atoms with Crippen LogP contribution in [-0.4, -0.2) is 34.2 Å². The van der Waals surface area contributed by atoms with E-state index in [1.807, 2.05) is 37.3 Å². The van der Waals surface area contributed by atoms with Crippen LogP contribution >= 0.6 is 0 Å². The Labute approximate surface area is 117 Å². The van der Waals surface area contributed by atoms with Gasteiger partial charge in [0.1, 0.15) is 6.54 Å². The van der Waals surface area contributed by atoms with E-state index in [0.29, 0.717) is 5.71 Å². The van der Waals surface area contributed by atoms with Crippen molar-refractivity contribution in [3.8, 4) is 0 Å². The zero-order valence-corrected chi connectivity index (χ0v) is 11.5. The lowest BCUT2D eigenvalue weighted by Gasteiger charge is -2.22. The van der Waals surface area contributed by atoms with E-state index in [2.05, 4.69) is 5.10 Å². The third-order valence-corrected chi connectivity index (χ3v) is 3.07. The number of hydrazone groups is 1. The molecule has 0 fully saturated rings. The first-order valence-corrected chi connectivity index (χ1v) is 6.30. The Morgan fingerprint density at radius 3 is 2.60 bits per heavy atom. The number of carboxylic acid groups (broad SMARTS) is 1. The third kappa shape index (κ3) is 3.32. The molecular weight excluding hydrogens is 256 g/mol. The molecule has 0 saturated carbocycles. The summed E-state index contributed by atoms with van der Waals surface area (Å²) in [5.74, 6) is -1.36. The van der Waals surface area contributed by atoms with Crippen LogP contribution in [0.2, 0.25) is 0 Å². The number of nitrogens with zero attached hydrogens (tertiary/aromatic N) is 2. The number of aliphatic carboxylic acids is 1. The molecule has 2 rings (SSSR count). The quantitative estimate of drug-likeness (QED) is 0.915. The molecule has 1 aliphatic rings. The molecule has 1 amide bonds. The average Bonchev–Trinajstić information content (AvgIpc) is 2.37. The molecule has 0 bridgehead atoms. The van der Waals surface area contributed by atoms with Crippen LogP contribution in [0.25, 0.3) is 6.08 Å². The fraction of sp³-hybridized carbons (Fsp3) is 0.267. The van der Waals surface area contributed by atoms with Gasteiger partial charge < -0.3 is 5.11 Å². The summed E-state index contributed by atoms with van der Waals surface area (Å²) in [6.07, 6.45) is 2.09. The fourth-order valence-corrected chi connectivity index (χ4v) is 1.95. The lowest BCUT2D eigenvalue weighted by Crippen LogP contribution is -2.35. The Kier molecular flexibility index (Phi) is 3.98. The Morgan fingerprint density at radius 2 is 2.00 bits per heavy atom. The highest BCUT2D eigenvalue weighted by molar-refractivity contribution is 6.08. The first-order valence-electron chi connectivity index (χ1n) is 6.30. The van der Waals surface area contributed by atoms with Crippen LogP contribution < -0.4 is 0 Å². The van der Waals surface area contributed by atoms with Crippen LogP contribution in [0.1, 0.15) is 24.5 Å². The topological polar surface area (TPSA) is 70.0 Å². The SMILES string of the molecule is CC1=NN(CC(=O)O)C(=O)C/C1=C\c1ccc(C)cc1. The number of aryl methyl sites for hydroxylation is 1. The molecule has 20 heavy (non-hydrogen) atoms. The summed E-state index contributed by atoms with van der Waals surface area (Å²) in [6, 6.07) is 7.95. The molecule has 0 saturated heterocycles. The predicted octanol–water partition coefficient (Wildman–Crippen LogP) is 2.07. The number of carboxylic acids is 1. The number of amides is 1. The molecule has 0 aliphatic carbocycles.